The zero-order valence-electron chi connectivity index (χ0n) is 6.85. The van der Waals surface area contributed by atoms with E-state index in [1.807, 2.05) is 0 Å². The van der Waals surface area contributed by atoms with E-state index < -0.39 is 0 Å². The van der Waals surface area contributed by atoms with Crippen molar-refractivity contribution < 1.29 is 4.42 Å². The zero-order chi connectivity index (χ0) is 8.39. The van der Waals surface area contributed by atoms with Crippen molar-refractivity contribution in [2.24, 2.45) is 0 Å². The van der Waals surface area contributed by atoms with E-state index in [0.717, 1.165) is 23.3 Å². The Morgan fingerprint density at radius 2 is 2.17 bits per heavy atom. The van der Waals surface area contributed by atoms with Gasteiger partial charge in [-0.15, -0.1) is 0 Å². The van der Waals surface area contributed by atoms with Crippen molar-refractivity contribution in [2.75, 3.05) is 13.1 Å². The third-order valence-corrected chi connectivity index (χ3v) is 2.75. The van der Waals surface area contributed by atoms with E-state index >= 15 is 0 Å². The molecule has 66 valence electrons. The first-order valence-electron chi connectivity index (χ1n) is 4.31. The second-order valence-electron chi connectivity index (χ2n) is 3.19. The van der Waals surface area contributed by atoms with Gasteiger partial charge < -0.3 is 9.73 Å². The van der Waals surface area contributed by atoms with Crippen LogP contribution in [0.4, 0.5) is 0 Å². The van der Waals surface area contributed by atoms with Gasteiger partial charge in [0, 0.05) is 5.92 Å². The standard InChI is InChI=1S/C9H12BrNO/c10-8-5-9(12-6-8)7-1-3-11-4-2-7/h5-7,11H,1-4H2. The Balaban J connectivity index is 2.08. The molecular formula is C9H12BrNO. The maximum atomic E-state index is 5.43. The van der Waals surface area contributed by atoms with E-state index in [4.69, 9.17) is 4.42 Å². The first kappa shape index (κ1) is 8.32. The van der Waals surface area contributed by atoms with Crippen LogP contribution in [0.3, 0.4) is 0 Å². The SMILES string of the molecule is Brc1coc(C2CCNCC2)c1. The van der Waals surface area contributed by atoms with E-state index in [0.29, 0.717) is 5.92 Å². The molecule has 0 bridgehead atoms. The lowest BCUT2D eigenvalue weighted by Crippen LogP contribution is -2.26. The molecule has 0 unspecified atom stereocenters. The average Bonchev–Trinajstić information content (AvgIpc) is 2.54. The molecule has 1 fully saturated rings. The van der Waals surface area contributed by atoms with E-state index in [-0.39, 0.29) is 0 Å². The minimum absolute atomic E-state index is 0.623. The molecule has 1 N–H and O–H groups in total. The van der Waals surface area contributed by atoms with Gasteiger partial charge in [0.15, 0.2) is 0 Å². The minimum atomic E-state index is 0.623. The molecule has 1 aromatic heterocycles. The third kappa shape index (κ3) is 1.72. The molecule has 0 spiro atoms. The molecule has 0 radical (unpaired) electrons. The molecule has 0 amide bonds. The van der Waals surface area contributed by atoms with Gasteiger partial charge in [0.25, 0.3) is 0 Å². The van der Waals surface area contributed by atoms with Crippen LogP contribution in [0.1, 0.15) is 24.5 Å². The van der Waals surface area contributed by atoms with Crippen molar-refractivity contribution in [1.29, 1.82) is 0 Å². The summed E-state index contributed by atoms with van der Waals surface area (Å²) in [5, 5.41) is 3.34. The predicted octanol–water partition coefficient (Wildman–Crippen LogP) is 2.51. The van der Waals surface area contributed by atoms with Crippen LogP contribution in [0.5, 0.6) is 0 Å². The smallest absolute Gasteiger partial charge is 0.108 e. The highest BCUT2D eigenvalue weighted by Crippen LogP contribution is 2.28. The molecule has 12 heavy (non-hydrogen) atoms. The molecule has 1 aliphatic rings. The molecule has 0 saturated carbocycles. The van der Waals surface area contributed by atoms with Crippen molar-refractivity contribution in [3.63, 3.8) is 0 Å². The lowest BCUT2D eigenvalue weighted by atomic mass is 9.96. The Labute approximate surface area is 80.5 Å². The van der Waals surface area contributed by atoms with Gasteiger partial charge in [0.2, 0.25) is 0 Å². The van der Waals surface area contributed by atoms with Gasteiger partial charge in [-0.3, -0.25) is 0 Å². The van der Waals surface area contributed by atoms with Crippen LogP contribution in [-0.2, 0) is 0 Å². The highest BCUT2D eigenvalue weighted by molar-refractivity contribution is 9.10. The third-order valence-electron chi connectivity index (χ3n) is 2.33. The van der Waals surface area contributed by atoms with E-state index in [2.05, 4.69) is 27.3 Å². The number of hydrogen-bond donors (Lipinski definition) is 1. The lowest BCUT2D eigenvalue weighted by molar-refractivity contribution is 0.386. The summed E-state index contributed by atoms with van der Waals surface area (Å²) in [6, 6.07) is 2.08. The number of nitrogens with one attached hydrogen (secondary N) is 1. The number of hydrogen-bond acceptors (Lipinski definition) is 2. The van der Waals surface area contributed by atoms with Gasteiger partial charge in [-0.25, -0.2) is 0 Å². The van der Waals surface area contributed by atoms with Crippen LogP contribution in [-0.4, -0.2) is 13.1 Å². The maximum Gasteiger partial charge on any atom is 0.108 e. The molecule has 3 heteroatoms. The maximum absolute atomic E-state index is 5.43. The summed E-state index contributed by atoms with van der Waals surface area (Å²) in [6.45, 7) is 2.23. The van der Waals surface area contributed by atoms with E-state index in [9.17, 15) is 0 Å². The number of piperidine rings is 1. The first-order valence-corrected chi connectivity index (χ1v) is 5.10. The van der Waals surface area contributed by atoms with Crippen molar-refractivity contribution in [3.05, 3.63) is 22.6 Å². The average molecular weight is 230 g/mol. The van der Waals surface area contributed by atoms with Gasteiger partial charge in [-0.05, 0) is 47.9 Å². The van der Waals surface area contributed by atoms with Crippen LogP contribution < -0.4 is 5.32 Å². The molecule has 1 aromatic rings. The quantitative estimate of drug-likeness (QED) is 0.801. The molecule has 2 rings (SSSR count). The molecule has 1 aliphatic heterocycles. The van der Waals surface area contributed by atoms with Crippen molar-refractivity contribution in [2.45, 2.75) is 18.8 Å². The summed E-state index contributed by atoms with van der Waals surface area (Å²) in [7, 11) is 0. The second kappa shape index (κ2) is 3.62. The van der Waals surface area contributed by atoms with Gasteiger partial charge in [-0.2, -0.15) is 0 Å². The summed E-state index contributed by atoms with van der Waals surface area (Å²) < 4.78 is 6.48. The summed E-state index contributed by atoms with van der Waals surface area (Å²) in [5.74, 6) is 1.75. The molecule has 0 atom stereocenters. The number of rotatable bonds is 1. The summed E-state index contributed by atoms with van der Waals surface area (Å²) in [6.07, 6.45) is 4.15. The van der Waals surface area contributed by atoms with Gasteiger partial charge in [-0.1, -0.05) is 0 Å². The van der Waals surface area contributed by atoms with Crippen LogP contribution in [0.15, 0.2) is 21.2 Å². The van der Waals surface area contributed by atoms with Crippen LogP contribution in [0, 0.1) is 0 Å². The highest BCUT2D eigenvalue weighted by Gasteiger charge is 2.17. The molecule has 0 aliphatic carbocycles. The lowest BCUT2D eigenvalue weighted by Gasteiger charge is -2.20. The first-order chi connectivity index (χ1) is 5.86. The molecule has 2 heterocycles. The molecule has 1 saturated heterocycles. The normalized spacial score (nSPS) is 19.8. The zero-order valence-corrected chi connectivity index (χ0v) is 8.43. The van der Waals surface area contributed by atoms with Crippen LogP contribution in [0.25, 0.3) is 0 Å². The Kier molecular flexibility index (Phi) is 2.51. The van der Waals surface area contributed by atoms with Crippen molar-refractivity contribution >= 4 is 15.9 Å². The topological polar surface area (TPSA) is 25.2 Å². The fourth-order valence-corrected chi connectivity index (χ4v) is 1.97. The fraction of sp³-hybridized carbons (Fsp3) is 0.556. The molecule has 0 aromatic carbocycles. The molecule has 2 nitrogen and oxygen atoms in total. The van der Waals surface area contributed by atoms with E-state index in [1.54, 1.807) is 6.26 Å². The van der Waals surface area contributed by atoms with Gasteiger partial charge >= 0.3 is 0 Å². The van der Waals surface area contributed by atoms with Crippen LogP contribution >= 0.6 is 15.9 Å². The Morgan fingerprint density at radius 1 is 1.42 bits per heavy atom. The Bertz CT molecular complexity index is 253. The van der Waals surface area contributed by atoms with Crippen molar-refractivity contribution in [1.82, 2.24) is 5.32 Å². The second-order valence-corrected chi connectivity index (χ2v) is 4.11. The predicted molar refractivity (Wildman–Crippen MR) is 51.3 cm³/mol. The van der Waals surface area contributed by atoms with Crippen LogP contribution in [0.2, 0.25) is 0 Å². The van der Waals surface area contributed by atoms with Crippen molar-refractivity contribution in [3.8, 4) is 0 Å². The summed E-state index contributed by atoms with van der Waals surface area (Å²) in [4.78, 5) is 0. The number of halogens is 1. The largest absolute Gasteiger partial charge is 0.468 e. The highest BCUT2D eigenvalue weighted by atomic mass is 79.9. The van der Waals surface area contributed by atoms with Gasteiger partial charge in [0.1, 0.15) is 12.0 Å². The summed E-state index contributed by atoms with van der Waals surface area (Å²) >= 11 is 3.39. The van der Waals surface area contributed by atoms with Gasteiger partial charge in [0.05, 0.1) is 4.47 Å². The Hall–Kier alpha value is -0.280. The molecular weight excluding hydrogens is 218 g/mol. The van der Waals surface area contributed by atoms with E-state index in [1.165, 1.54) is 12.8 Å². The monoisotopic (exact) mass is 229 g/mol. The fourth-order valence-electron chi connectivity index (χ4n) is 1.65. The summed E-state index contributed by atoms with van der Waals surface area (Å²) in [5.41, 5.74) is 0. The Morgan fingerprint density at radius 3 is 2.75 bits per heavy atom. The minimum Gasteiger partial charge on any atom is -0.468 e. The number of furan rings is 1.